The summed E-state index contributed by atoms with van der Waals surface area (Å²) >= 11 is 7.59. The first kappa shape index (κ1) is 15.4. The highest BCUT2D eigenvalue weighted by molar-refractivity contribution is 7.11. The molecule has 1 atom stereocenters. The molecular weight excluding hydrogens is 295 g/mol. The predicted molar refractivity (Wildman–Crippen MR) is 83.1 cm³/mol. The minimum atomic E-state index is -0.383. The number of aromatic nitrogens is 1. The monoisotopic (exact) mass is 312 g/mol. The molecule has 5 heteroatoms. The molecule has 1 N–H and O–H groups in total. The molecule has 0 amide bonds. The van der Waals surface area contributed by atoms with Gasteiger partial charge in [0.15, 0.2) is 0 Å². The van der Waals surface area contributed by atoms with Gasteiger partial charge < -0.3 is 5.32 Å². The first-order valence-corrected chi connectivity index (χ1v) is 7.82. The number of rotatable bonds is 5. The van der Waals surface area contributed by atoms with Crippen LogP contribution in [0.1, 0.15) is 34.1 Å². The van der Waals surface area contributed by atoms with Crippen molar-refractivity contribution < 1.29 is 4.39 Å². The number of likely N-dealkylation sites (N-methyl/N-ethyl adjacent to an activating group) is 1. The van der Waals surface area contributed by atoms with Gasteiger partial charge in [-0.1, -0.05) is 24.6 Å². The first-order valence-electron chi connectivity index (χ1n) is 6.62. The summed E-state index contributed by atoms with van der Waals surface area (Å²) in [5, 5.41) is 4.66. The van der Waals surface area contributed by atoms with E-state index in [2.05, 4.69) is 24.1 Å². The van der Waals surface area contributed by atoms with Crippen molar-refractivity contribution in [2.75, 3.05) is 6.54 Å². The van der Waals surface area contributed by atoms with Gasteiger partial charge in [0.2, 0.25) is 0 Å². The number of nitrogens with zero attached hydrogens (tertiary/aromatic N) is 1. The van der Waals surface area contributed by atoms with Gasteiger partial charge in [0.25, 0.3) is 0 Å². The summed E-state index contributed by atoms with van der Waals surface area (Å²) in [6.45, 7) is 6.99. The van der Waals surface area contributed by atoms with Crippen molar-refractivity contribution in [1.82, 2.24) is 10.3 Å². The molecule has 2 nitrogen and oxygen atoms in total. The Labute approximate surface area is 128 Å². The average molecular weight is 313 g/mol. The third kappa shape index (κ3) is 3.57. The van der Waals surface area contributed by atoms with Crippen molar-refractivity contribution in [3.63, 3.8) is 0 Å². The van der Waals surface area contributed by atoms with Crippen molar-refractivity contribution >= 4 is 22.9 Å². The van der Waals surface area contributed by atoms with Crippen LogP contribution in [0.5, 0.6) is 0 Å². The average Bonchev–Trinajstić information content (AvgIpc) is 2.71. The zero-order valence-electron chi connectivity index (χ0n) is 11.8. The smallest absolute Gasteiger partial charge is 0.141 e. The second-order valence-electron chi connectivity index (χ2n) is 4.74. The summed E-state index contributed by atoms with van der Waals surface area (Å²) in [5.74, 6) is -0.383. The number of benzene rings is 1. The standard InChI is InChI=1S/C15H18ClFN2S/c1-4-18-14(8-15-19-9(2)10(3)20-15)11-5-6-13(17)12(16)7-11/h5-7,14,18H,4,8H2,1-3H3. The first-order chi connectivity index (χ1) is 9.51. The normalized spacial score (nSPS) is 12.7. The predicted octanol–water partition coefficient (Wildman–Crippen LogP) is 4.45. The molecule has 0 fully saturated rings. The third-order valence-corrected chi connectivity index (χ3v) is 4.63. The summed E-state index contributed by atoms with van der Waals surface area (Å²) in [4.78, 5) is 5.81. The van der Waals surface area contributed by atoms with E-state index in [1.165, 1.54) is 10.9 Å². The van der Waals surface area contributed by atoms with Crippen LogP contribution in [0.4, 0.5) is 4.39 Å². The van der Waals surface area contributed by atoms with Gasteiger partial charge >= 0.3 is 0 Å². The van der Waals surface area contributed by atoms with Gasteiger partial charge in [-0.25, -0.2) is 9.37 Å². The number of hydrogen-bond acceptors (Lipinski definition) is 3. The van der Waals surface area contributed by atoms with Crippen molar-refractivity contribution in [3.8, 4) is 0 Å². The Balaban J connectivity index is 2.23. The van der Waals surface area contributed by atoms with Crippen molar-refractivity contribution in [3.05, 3.63) is 50.2 Å². The molecule has 1 heterocycles. The van der Waals surface area contributed by atoms with Crippen LogP contribution >= 0.6 is 22.9 Å². The van der Waals surface area contributed by atoms with Gasteiger partial charge in [0.05, 0.1) is 15.7 Å². The zero-order valence-corrected chi connectivity index (χ0v) is 13.4. The van der Waals surface area contributed by atoms with E-state index in [-0.39, 0.29) is 16.9 Å². The van der Waals surface area contributed by atoms with E-state index in [4.69, 9.17) is 11.6 Å². The lowest BCUT2D eigenvalue weighted by Gasteiger charge is -2.17. The molecule has 0 aliphatic rings. The number of halogens is 2. The molecule has 0 saturated carbocycles. The van der Waals surface area contributed by atoms with Crippen molar-refractivity contribution in [1.29, 1.82) is 0 Å². The number of hydrogen-bond donors (Lipinski definition) is 1. The molecular formula is C15H18ClFN2S. The Morgan fingerprint density at radius 3 is 2.70 bits per heavy atom. The van der Waals surface area contributed by atoms with Gasteiger partial charge in [0, 0.05) is 17.3 Å². The maximum absolute atomic E-state index is 13.3. The molecule has 0 aliphatic heterocycles. The summed E-state index contributed by atoms with van der Waals surface area (Å²) in [6, 6.07) is 4.99. The van der Waals surface area contributed by atoms with Crippen LogP contribution in [0.2, 0.25) is 5.02 Å². The Morgan fingerprint density at radius 2 is 2.15 bits per heavy atom. The Kier molecular flexibility index (Phi) is 5.13. The maximum Gasteiger partial charge on any atom is 0.141 e. The van der Waals surface area contributed by atoms with Crippen LogP contribution in [-0.4, -0.2) is 11.5 Å². The van der Waals surface area contributed by atoms with Crippen molar-refractivity contribution in [2.24, 2.45) is 0 Å². The lowest BCUT2D eigenvalue weighted by molar-refractivity contribution is 0.546. The molecule has 0 aliphatic carbocycles. The molecule has 0 radical (unpaired) electrons. The van der Waals surface area contributed by atoms with E-state index in [1.54, 1.807) is 23.5 Å². The number of thiazole rings is 1. The van der Waals surface area contributed by atoms with Crippen LogP contribution in [-0.2, 0) is 6.42 Å². The van der Waals surface area contributed by atoms with E-state index in [9.17, 15) is 4.39 Å². The Bertz CT molecular complexity index is 578. The fraction of sp³-hybridized carbons (Fsp3) is 0.400. The van der Waals surface area contributed by atoms with Gasteiger partial charge in [-0.05, 0) is 38.1 Å². The molecule has 2 aromatic rings. The van der Waals surface area contributed by atoms with E-state index >= 15 is 0 Å². The molecule has 20 heavy (non-hydrogen) atoms. The maximum atomic E-state index is 13.3. The van der Waals surface area contributed by atoms with E-state index in [1.807, 2.05) is 6.92 Å². The molecule has 0 spiro atoms. The second kappa shape index (κ2) is 6.66. The van der Waals surface area contributed by atoms with E-state index < -0.39 is 0 Å². The molecule has 1 aromatic carbocycles. The molecule has 0 bridgehead atoms. The van der Waals surface area contributed by atoms with Crippen LogP contribution in [0.15, 0.2) is 18.2 Å². The van der Waals surface area contributed by atoms with E-state index in [0.29, 0.717) is 0 Å². The number of nitrogens with one attached hydrogen (secondary N) is 1. The highest BCUT2D eigenvalue weighted by atomic mass is 35.5. The molecule has 1 aromatic heterocycles. The van der Waals surface area contributed by atoms with Crippen LogP contribution in [0.3, 0.4) is 0 Å². The molecule has 108 valence electrons. The Hall–Kier alpha value is -0.970. The zero-order chi connectivity index (χ0) is 14.7. The summed E-state index contributed by atoms with van der Waals surface area (Å²) < 4.78 is 13.3. The Morgan fingerprint density at radius 1 is 1.40 bits per heavy atom. The quantitative estimate of drug-likeness (QED) is 0.882. The minimum absolute atomic E-state index is 0.100. The second-order valence-corrected chi connectivity index (χ2v) is 6.43. The summed E-state index contributed by atoms with van der Waals surface area (Å²) in [6.07, 6.45) is 0.787. The largest absolute Gasteiger partial charge is 0.310 e. The lowest BCUT2D eigenvalue weighted by atomic mass is 10.0. The summed E-state index contributed by atoms with van der Waals surface area (Å²) in [7, 11) is 0. The topological polar surface area (TPSA) is 24.9 Å². The molecule has 0 saturated heterocycles. The van der Waals surface area contributed by atoms with Gasteiger partial charge in [-0.3, -0.25) is 0 Å². The van der Waals surface area contributed by atoms with Gasteiger partial charge in [0.1, 0.15) is 5.82 Å². The van der Waals surface area contributed by atoms with Crippen molar-refractivity contribution in [2.45, 2.75) is 33.2 Å². The highest BCUT2D eigenvalue weighted by Gasteiger charge is 2.15. The highest BCUT2D eigenvalue weighted by Crippen LogP contribution is 2.26. The summed E-state index contributed by atoms with van der Waals surface area (Å²) in [5.41, 5.74) is 2.07. The third-order valence-electron chi connectivity index (χ3n) is 3.25. The molecule has 1 unspecified atom stereocenters. The van der Waals surface area contributed by atoms with Gasteiger partial charge in [-0.15, -0.1) is 11.3 Å². The van der Waals surface area contributed by atoms with Gasteiger partial charge in [-0.2, -0.15) is 0 Å². The molecule has 2 rings (SSSR count). The van der Waals surface area contributed by atoms with Crippen LogP contribution in [0.25, 0.3) is 0 Å². The van der Waals surface area contributed by atoms with Crippen LogP contribution in [0, 0.1) is 19.7 Å². The fourth-order valence-electron chi connectivity index (χ4n) is 2.08. The minimum Gasteiger partial charge on any atom is -0.310 e. The van der Waals surface area contributed by atoms with E-state index in [0.717, 1.165) is 29.2 Å². The van der Waals surface area contributed by atoms with Crippen LogP contribution < -0.4 is 5.32 Å². The fourth-order valence-corrected chi connectivity index (χ4v) is 3.25. The SMILES string of the molecule is CCNC(Cc1nc(C)c(C)s1)c1ccc(F)c(Cl)c1. The lowest BCUT2D eigenvalue weighted by Crippen LogP contribution is -2.23. The number of aryl methyl sites for hydroxylation is 2.